The molecule has 1 aromatic carbocycles. The molecule has 1 heterocycles. The van der Waals surface area contributed by atoms with Crippen LogP contribution in [0.4, 0.5) is 4.39 Å². The highest BCUT2D eigenvalue weighted by Crippen LogP contribution is 2.29. The van der Waals surface area contributed by atoms with E-state index in [4.69, 9.17) is 4.42 Å². The predicted octanol–water partition coefficient (Wildman–Crippen LogP) is 4.64. The van der Waals surface area contributed by atoms with Gasteiger partial charge < -0.3 is 9.73 Å². The van der Waals surface area contributed by atoms with Gasteiger partial charge in [-0.1, -0.05) is 28.9 Å². The fourth-order valence-corrected chi connectivity index (χ4v) is 2.44. The summed E-state index contributed by atoms with van der Waals surface area (Å²) in [5.41, 5.74) is 0.571. The predicted molar refractivity (Wildman–Crippen MR) is 76.0 cm³/mol. The van der Waals surface area contributed by atoms with Gasteiger partial charge in [0.15, 0.2) is 4.67 Å². The van der Waals surface area contributed by atoms with Crippen molar-refractivity contribution in [3.05, 3.63) is 56.6 Å². The van der Waals surface area contributed by atoms with Crippen molar-refractivity contribution < 1.29 is 8.81 Å². The van der Waals surface area contributed by atoms with Crippen LogP contribution in [0.2, 0.25) is 0 Å². The average molecular weight is 377 g/mol. The number of halogens is 3. The molecule has 0 aliphatic heterocycles. The molecule has 1 unspecified atom stereocenters. The first-order valence-electron chi connectivity index (χ1n) is 5.55. The topological polar surface area (TPSA) is 25.2 Å². The smallest absolute Gasteiger partial charge is 0.169 e. The van der Waals surface area contributed by atoms with E-state index in [0.29, 0.717) is 16.0 Å². The number of furan rings is 1. The van der Waals surface area contributed by atoms with Crippen molar-refractivity contribution in [2.75, 3.05) is 6.54 Å². The fraction of sp³-hybridized carbons (Fsp3) is 0.231. The molecule has 0 aliphatic carbocycles. The second-order valence-corrected chi connectivity index (χ2v) is 5.50. The number of benzene rings is 1. The van der Waals surface area contributed by atoms with E-state index in [1.54, 1.807) is 12.1 Å². The minimum Gasteiger partial charge on any atom is -0.452 e. The Morgan fingerprint density at radius 3 is 2.61 bits per heavy atom. The van der Waals surface area contributed by atoms with Gasteiger partial charge in [0.25, 0.3) is 0 Å². The van der Waals surface area contributed by atoms with Crippen LogP contribution in [0.25, 0.3) is 0 Å². The molecule has 2 rings (SSSR count). The Morgan fingerprint density at radius 1 is 1.28 bits per heavy atom. The quantitative estimate of drug-likeness (QED) is 0.840. The van der Waals surface area contributed by atoms with Crippen LogP contribution in [0.1, 0.15) is 24.3 Å². The fourth-order valence-electron chi connectivity index (χ4n) is 1.79. The van der Waals surface area contributed by atoms with Crippen LogP contribution in [0.5, 0.6) is 0 Å². The molecule has 0 amide bonds. The van der Waals surface area contributed by atoms with Gasteiger partial charge in [-0.05, 0) is 46.7 Å². The molecule has 0 fully saturated rings. The van der Waals surface area contributed by atoms with Crippen LogP contribution in [0.15, 0.2) is 43.9 Å². The lowest BCUT2D eigenvalue weighted by atomic mass is 10.0. The summed E-state index contributed by atoms with van der Waals surface area (Å²) < 4.78 is 20.9. The molecule has 2 aromatic rings. The van der Waals surface area contributed by atoms with Gasteiger partial charge in [0, 0.05) is 10.0 Å². The molecule has 1 N–H and O–H groups in total. The van der Waals surface area contributed by atoms with Crippen molar-refractivity contribution in [1.29, 1.82) is 0 Å². The zero-order valence-electron chi connectivity index (χ0n) is 9.71. The molecule has 0 radical (unpaired) electrons. The molecule has 2 nitrogen and oxygen atoms in total. The van der Waals surface area contributed by atoms with Gasteiger partial charge in [-0.25, -0.2) is 4.39 Å². The molecule has 0 aliphatic rings. The van der Waals surface area contributed by atoms with Crippen molar-refractivity contribution in [3.8, 4) is 0 Å². The van der Waals surface area contributed by atoms with Crippen LogP contribution < -0.4 is 5.32 Å². The zero-order chi connectivity index (χ0) is 13.1. The number of nitrogens with one attached hydrogen (secondary N) is 1. The second-order valence-electron chi connectivity index (χ2n) is 3.80. The molecule has 96 valence electrons. The lowest BCUT2D eigenvalue weighted by Crippen LogP contribution is -2.22. The van der Waals surface area contributed by atoms with Crippen LogP contribution in [0.3, 0.4) is 0 Å². The third-order valence-corrected chi connectivity index (χ3v) is 3.48. The van der Waals surface area contributed by atoms with E-state index in [2.05, 4.69) is 37.2 Å². The molecule has 0 bridgehead atoms. The molecular weight excluding hydrogens is 365 g/mol. The Hall–Kier alpha value is -0.650. The Bertz CT molecular complexity index is 542. The van der Waals surface area contributed by atoms with E-state index < -0.39 is 0 Å². The van der Waals surface area contributed by atoms with E-state index in [0.717, 1.165) is 11.0 Å². The van der Waals surface area contributed by atoms with E-state index in [-0.39, 0.29) is 11.9 Å². The Kier molecular flexibility index (Phi) is 4.59. The summed E-state index contributed by atoms with van der Waals surface area (Å²) in [6.07, 6.45) is 0. The van der Waals surface area contributed by atoms with Crippen LogP contribution >= 0.6 is 31.9 Å². The van der Waals surface area contributed by atoms with Gasteiger partial charge in [-0.2, -0.15) is 0 Å². The highest BCUT2D eigenvalue weighted by molar-refractivity contribution is 9.10. The normalized spacial score (nSPS) is 12.7. The average Bonchev–Trinajstić information content (AvgIpc) is 2.73. The van der Waals surface area contributed by atoms with Crippen molar-refractivity contribution in [3.63, 3.8) is 0 Å². The molecule has 18 heavy (non-hydrogen) atoms. The maximum Gasteiger partial charge on any atom is 0.169 e. The lowest BCUT2D eigenvalue weighted by Gasteiger charge is -2.16. The van der Waals surface area contributed by atoms with Gasteiger partial charge in [0.2, 0.25) is 0 Å². The molecule has 0 saturated heterocycles. The van der Waals surface area contributed by atoms with Gasteiger partial charge >= 0.3 is 0 Å². The molecule has 5 heteroatoms. The monoisotopic (exact) mass is 375 g/mol. The standard InChI is InChI=1S/C13H12Br2FNO/c1-2-17-13(11-5-6-12(15)18-11)9-4-3-8(14)7-10(9)16/h3-7,13,17H,2H2,1H3. The Morgan fingerprint density at radius 2 is 2.06 bits per heavy atom. The molecule has 0 spiro atoms. The van der Waals surface area contributed by atoms with E-state index in [1.807, 2.05) is 19.1 Å². The SMILES string of the molecule is CCNC(c1ccc(Br)o1)c1ccc(Br)cc1F. The summed E-state index contributed by atoms with van der Waals surface area (Å²) in [5.74, 6) is 0.424. The summed E-state index contributed by atoms with van der Waals surface area (Å²) in [6, 6.07) is 8.38. The first-order valence-corrected chi connectivity index (χ1v) is 7.14. The summed E-state index contributed by atoms with van der Waals surface area (Å²) in [5, 5.41) is 3.22. The van der Waals surface area contributed by atoms with E-state index >= 15 is 0 Å². The van der Waals surface area contributed by atoms with Gasteiger partial charge in [-0.15, -0.1) is 0 Å². The molecular formula is C13H12Br2FNO. The van der Waals surface area contributed by atoms with Crippen molar-refractivity contribution in [1.82, 2.24) is 5.32 Å². The first kappa shape index (κ1) is 13.8. The molecule has 1 aromatic heterocycles. The summed E-state index contributed by atoms with van der Waals surface area (Å²) >= 11 is 6.51. The van der Waals surface area contributed by atoms with Gasteiger partial charge in [0.05, 0.1) is 6.04 Å². The molecule has 0 saturated carbocycles. The van der Waals surface area contributed by atoms with Gasteiger partial charge in [0.1, 0.15) is 11.6 Å². The van der Waals surface area contributed by atoms with Gasteiger partial charge in [-0.3, -0.25) is 0 Å². The number of hydrogen-bond acceptors (Lipinski definition) is 2. The van der Waals surface area contributed by atoms with E-state index in [9.17, 15) is 4.39 Å². The Balaban J connectivity index is 2.41. The maximum absolute atomic E-state index is 14.0. The highest BCUT2D eigenvalue weighted by atomic mass is 79.9. The lowest BCUT2D eigenvalue weighted by molar-refractivity contribution is 0.428. The van der Waals surface area contributed by atoms with Crippen molar-refractivity contribution in [2.24, 2.45) is 0 Å². The van der Waals surface area contributed by atoms with Crippen LogP contribution in [-0.4, -0.2) is 6.54 Å². The third kappa shape index (κ3) is 3.02. The van der Waals surface area contributed by atoms with E-state index in [1.165, 1.54) is 6.07 Å². The summed E-state index contributed by atoms with van der Waals surface area (Å²) in [6.45, 7) is 2.69. The largest absolute Gasteiger partial charge is 0.452 e. The highest BCUT2D eigenvalue weighted by Gasteiger charge is 2.20. The summed E-state index contributed by atoms with van der Waals surface area (Å²) in [4.78, 5) is 0. The Labute approximate surface area is 122 Å². The second kappa shape index (κ2) is 5.99. The number of hydrogen-bond donors (Lipinski definition) is 1. The molecule has 1 atom stereocenters. The number of rotatable bonds is 4. The minimum atomic E-state index is -0.283. The zero-order valence-corrected chi connectivity index (χ0v) is 12.9. The van der Waals surface area contributed by atoms with Crippen molar-refractivity contribution in [2.45, 2.75) is 13.0 Å². The summed E-state index contributed by atoms with van der Waals surface area (Å²) in [7, 11) is 0. The van der Waals surface area contributed by atoms with Crippen LogP contribution in [-0.2, 0) is 0 Å². The minimum absolute atomic E-state index is 0.261. The maximum atomic E-state index is 14.0. The van der Waals surface area contributed by atoms with Crippen LogP contribution in [0, 0.1) is 5.82 Å². The third-order valence-electron chi connectivity index (χ3n) is 2.56. The first-order chi connectivity index (χ1) is 8.61. The van der Waals surface area contributed by atoms with Crippen molar-refractivity contribution >= 4 is 31.9 Å².